The predicted molar refractivity (Wildman–Crippen MR) is 101 cm³/mol. The second-order valence-electron chi connectivity index (χ2n) is 5.84. The maximum Gasteiger partial charge on any atom is 0.306 e. The lowest BCUT2D eigenvalue weighted by Crippen LogP contribution is -2.21. The minimum Gasteiger partial charge on any atom is -0.456 e. The van der Waals surface area contributed by atoms with E-state index < -0.39 is 18.5 Å². The van der Waals surface area contributed by atoms with Gasteiger partial charge in [-0.1, -0.05) is 11.6 Å². The third-order valence-electron chi connectivity index (χ3n) is 3.72. The number of rotatable bonds is 7. The Morgan fingerprint density at radius 1 is 1.11 bits per heavy atom. The first kappa shape index (κ1) is 19.6. The van der Waals surface area contributed by atoms with Crippen molar-refractivity contribution in [2.45, 2.75) is 12.8 Å². The minimum atomic E-state index is -0.548. The number of ether oxygens (including phenoxy) is 1. The minimum absolute atomic E-state index is 0.0115. The van der Waals surface area contributed by atoms with Crippen LogP contribution in [0.2, 0.25) is 5.02 Å². The highest BCUT2D eigenvalue weighted by atomic mass is 35.5. The number of aromatic nitrogens is 1. The van der Waals surface area contributed by atoms with E-state index in [1.807, 2.05) is 0 Å². The van der Waals surface area contributed by atoms with E-state index >= 15 is 0 Å². The molecule has 0 bridgehead atoms. The zero-order chi connectivity index (χ0) is 19.9. The molecule has 0 spiro atoms. The Bertz CT molecular complexity index is 955. The Kier molecular flexibility index (Phi) is 6.39. The van der Waals surface area contributed by atoms with Gasteiger partial charge < -0.3 is 14.5 Å². The van der Waals surface area contributed by atoms with Crippen LogP contribution in [0.1, 0.15) is 12.3 Å². The van der Waals surface area contributed by atoms with Gasteiger partial charge in [0.25, 0.3) is 5.91 Å². The summed E-state index contributed by atoms with van der Waals surface area (Å²) in [6.45, 7) is -0.395. The molecule has 144 valence electrons. The molecule has 2 aromatic carbocycles. The fourth-order valence-corrected chi connectivity index (χ4v) is 2.46. The number of nitrogens with zero attached hydrogens (tertiary/aromatic N) is 1. The molecule has 0 saturated carbocycles. The number of carbonyl (C=O) groups excluding carboxylic acids is 2. The van der Waals surface area contributed by atoms with E-state index in [0.717, 1.165) is 0 Å². The molecule has 1 N–H and O–H groups in total. The number of benzene rings is 2. The second kappa shape index (κ2) is 9.14. The van der Waals surface area contributed by atoms with Gasteiger partial charge in [-0.2, -0.15) is 0 Å². The van der Waals surface area contributed by atoms with E-state index in [9.17, 15) is 14.0 Å². The van der Waals surface area contributed by atoms with Crippen LogP contribution in [0.15, 0.2) is 59.1 Å². The van der Waals surface area contributed by atoms with Crippen LogP contribution in [0.4, 0.5) is 10.1 Å². The smallest absolute Gasteiger partial charge is 0.306 e. The van der Waals surface area contributed by atoms with Crippen LogP contribution in [-0.4, -0.2) is 23.5 Å². The summed E-state index contributed by atoms with van der Waals surface area (Å²) in [5, 5.41) is 3.15. The van der Waals surface area contributed by atoms with Crippen LogP contribution < -0.4 is 5.32 Å². The maximum atomic E-state index is 13.0. The van der Waals surface area contributed by atoms with Crippen LogP contribution in [0, 0.1) is 5.82 Å². The van der Waals surface area contributed by atoms with Crippen LogP contribution in [0.3, 0.4) is 0 Å². The van der Waals surface area contributed by atoms with Gasteiger partial charge in [0.2, 0.25) is 0 Å². The van der Waals surface area contributed by atoms with Gasteiger partial charge in [-0.25, -0.2) is 9.37 Å². The van der Waals surface area contributed by atoms with Gasteiger partial charge in [-0.05, 0) is 48.5 Å². The molecular formula is C20H16ClFN2O4. The van der Waals surface area contributed by atoms with Crippen LogP contribution >= 0.6 is 11.6 Å². The summed E-state index contributed by atoms with van der Waals surface area (Å²) < 4.78 is 23.4. The summed E-state index contributed by atoms with van der Waals surface area (Å²) in [6.07, 6.45) is 1.74. The number of aryl methyl sites for hydroxylation is 1. The average molecular weight is 403 g/mol. The zero-order valence-electron chi connectivity index (χ0n) is 14.7. The molecule has 0 aliphatic carbocycles. The number of amides is 1. The molecule has 3 aromatic rings. The van der Waals surface area contributed by atoms with Gasteiger partial charge in [0.15, 0.2) is 18.3 Å². The predicted octanol–water partition coefficient (Wildman–Crippen LogP) is 4.25. The van der Waals surface area contributed by atoms with E-state index in [0.29, 0.717) is 27.9 Å². The second-order valence-corrected chi connectivity index (χ2v) is 6.28. The molecule has 1 heterocycles. The summed E-state index contributed by atoms with van der Waals surface area (Å²) in [5.74, 6) is -0.517. The molecule has 0 aliphatic rings. The van der Waals surface area contributed by atoms with E-state index in [1.165, 1.54) is 18.3 Å². The number of oxazole rings is 1. The molecule has 28 heavy (non-hydrogen) atoms. The Labute approximate surface area is 165 Å². The molecule has 0 radical (unpaired) electrons. The fraction of sp³-hybridized carbons (Fsp3) is 0.150. The van der Waals surface area contributed by atoms with Crippen molar-refractivity contribution in [1.29, 1.82) is 0 Å². The SMILES string of the molecule is O=C(COC(=O)CCc1ncc(-c2ccc(F)cc2)o1)Nc1ccc(Cl)cc1. The normalized spacial score (nSPS) is 10.5. The number of esters is 1. The molecular weight excluding hydrogens is 387 g/mol. The average Bonchev–Trinajstić information content (AvgIpc) is 3.16. The highest BCUT2D eigenvalue weighted by Gasteiger charge is 2.12. The number of hydrogen-bond donors (Lipinski definition) is 1. The summed E-state index contributed by atoms with van der Waals surface area (Å²) in [5.41, 5.74) is 1.24. The zero-order valence-corrected chi connectivity index (χ0v) is 15.4. The van der Waals surface area contributed by atoms with E-state index in [1.54, 1.807) is 36.4 Å². The highest BCUT2D eigenvalue weighted by molar-refractivity contribution is 6.30. The lowest BCUT2D eigenvalue weighted by Gasteiger charge is -2.06. The molecule has 0 unspecified atom stereocenters. The first-order valence-electron chi connectivity index (χ1n) is 8.41. The molecule has 1 amide bonds. The van der Waals surface area contributed by atoms with Gasteiger partial charge in [-0.15, -0.1) is 0 Å². The number of nitrogens with one attached hydrogen (secondary N) is 1. The topological polar surface area (TPSA) is 81.4 Å². The van der Waals surface area contributed by atoms with Crippen molar-refractivity contribution in [1.82, 2.24) is 4.98 Å². The lowest BCUT2D eigenvalue weighted by molar-refractivity contribution is -0.147. The van der Waals surface area contributed by atoms with Crippen molar-refractivity contribution in [3.8, 4) is 11.3 Å². The summed E-state index contributed by atoms with van der Waals surface area (Å²) >= 11 is 5.77. The van der Waals surface area contributed by atoms with Crippen molar-refractivity contribution >= 4 is 29.2 Å². The molecule has 3 rings (SSSR count). The van der Waals surface area contributed by atoms with Gasteiger partial charge in [-0.3, -0.25) is 9.59 Å². The largest absolute Gasteiger partial charge is 0.456 e. The number of hydrogen-bond acceptors (Lipinski definition) is 5. The number of carbonyl (C=O) groups is 2. The van der Waals surface area contributed by atoms with Crippen molar-refractivity contribution in [2.24, 2.45) is 0 Å². The Morgan fingerprint density at radius 3 is 2.54 bits per heavy atom. The van der Waals surface area contributed by atoms with Crippen molar-refractivity contribution in [3.63, 3.8) is 0 Å². The summed E-state index contributed by atoms with van der Waals surface area (Å²) in [4.78, 5) is 27.7. The summed E-state index contributed by atoms with van der Waals surface area (Å²) in [7, 11) is 0. The van der Waals surface area contributed by atoms with Gasteiger partial charge in [0, 0.05) is 22.7 Å². The Hall–Kier alpha value is -3.19. The van der Waals surface area contributed by atoms with E-state index in [2.05, 4.69) is 10.3 Å². The van der Waals surface area contributed by atoms with Crippen LogP contribution in [-0.2, 0) is 20.7 Å². The van der Waals surface area contributed by atoms with Gasteiger partial charge >= 0.3 is 5.97 Å². The number of halogens is 2. The molecule has 0 saturated heterocycles. The van der Waals surface area contributed by atoms with Gasteiger partial charge in [0.05, 0.1) is 12.6 Å². The number of anilines is 1. The Morgan fingerprint density at radius 2 is 1.82 bits per heavy atom. The van der Waals surface area contributed by atoms with Crippen molar-refractivity contribution in [2.75, 3.05) is 11.9 Å². The fourth-order valence-electron chi connectivity index (χ4n) is 2.33. The van der Waals surface area contributed by atoms with Crippen molar-refractivity contribution in [3.05, 3.63) is 71.5 Å². The molecule has 0 aliphatic heterocycles. The van der Waals surface area contributed by atoms with E-state index in [-0.39, 0.29) is 18.7 Å². The molecule has 6 nitrogen and oxygen atoms in total. The quantitative estimate of drug-likeness (QED) is 0.597. The molecule has 0 atom stereocenters. The van der Waals surface area contributed by atoms with Crippen LogP contribution in [0.25, 0.3) is 11.3 Å². The third-order valence-corrected chi connectivity index (χ3v) is 3.97. The first-order chi connectivity index (χ1) is 13.5. The van der Waals surface area contributed by atoms with Gasteiger partial charge in [0.1, 0.15) is 5.82 Å². The monoisotopic (exact) mass is 402 g/mol. The maximum absolute atomic E-state index is 13.0. The first-order valence-corrected chi connectivity index (χ1v) is 8.79. The lowest BCUT2D eigenvalue weighted by atomic mass is 10.2. The van der Waals surface area contributed by atoms with Crippen molar-refractivity contribution < 1.29 is 23.1 Å². The molecule has 0 fully saturated rings. The Balaban J connectivity index is 1.42. The standard InChI is InChI=1S/C20H16ClFN2O4/c21-14-3-7-16(8-4-14)24-18(25)12-27-20(26)10-9-19-23-11-17(28-19)13-1-5-15(22)6-2-13/h1-8,11H,9-10,12H2,(H,24,25). The van der Waals surface area contributed by atoms with E-state index in [4.69, 9.17) is 20.8 Å². The highest BCUT2D eigenvalue weighted by Crippen LogP contribution is 2.21. The van der Waals surface area contributed by atoms with Crippen LogP contribution in [0.5, 0.6) is 0 Å². The molecule has 1 aromatic heterocycles. The summed E-state index contributed by atoms with van der Waals surface area (Å²) in [6, 6.07) is 12.4. The third kappa shape index (κ3) is 5.65. The molecule has 8 heteroatoms.